The fourth-order valence-corrected chi connectivity index (χ4v) is 5.56. The zero-order chi connectivity index (χ0) is 25.2. The third-order valence-corrected chi connectivity index (χ3v) is 7.65. The summed E-state index contributed by atoms with van der Waals surface area (Å²) in [5.41, 5.74) is 2.55. The number of carbonyl (C=O) groups excluding carboxylic acids is 1. The maximum atomic E-state index is 15.0. The normalized spacial score (nSPS) is 20.1. The summed E-state index contributed by atoms with van der Waals surface area (Å²) in [4.78, 5) is 28.3. The van der Waals surface area contributed by atoms with Gasteiger partial charge in [0.1, 0.15) is 5.82 Å². The zero-order valence-electron chi connectivity index (χ0n) is 21.1. The Morgan fingerprint density at radius 2 is 2.08 bits per heavy atom. The van der Waals surface area contributed by atoms with Gasteiger partial charge in [-0.15, -0.1) is 0 Å². The molecule has 1 saturated carbocycles. The van der Waals surface area contributed by atoms with E-state index in [2.05, 4.69) is 9.88 Å². The maximum absolute atomic E-state index is 15.0. The van der Waals surface area contributed by atoms with E-state index in [1.807, 2.05) is 23.2 Å². The van der Waals surface area contributed by atoms with Gasteiger partial charge in [0.15, 0.2) is 0 Å². The maximum Gasteiger partial charge on any atom is 0.250 e. The number of fused-ring (bicyclic) bond motifs is 1. The number of carbonyl (C=O) groups is 1. The smallest absolute Gasteiger partial charge is 0.250 e. The van der Waals surface area contributed by atoms with Crippen molar-refractivity contribution >= 4 is 16.8 Å². The first-order valence-corrected chi connectivity index (χ1v) is 12.9. The molecule has 2 fully saturated rings. The van der Waals surface area contributed by atoms with Gasteiger partial charge < -0.3 is 24.1 Å². The van der Waals surface area contributed by atoms with Crippen LogP contribution in [0.25, 0.3) is 10.9 Å². The summed E-state index contributed by atoms with van der Waals surface area (Å²) in [7, 11) is 3.41. The highest BCUT2D eigenvalue weighted by atomic mass is 19.1. The number of hydrogen-bond donors (Lipinski definition) is 1. The van der Waals surface area contributed by atoms with E-state index in [-0.39, 0.29) is 35.2 Å². The fraction of sp³-hybridized carbons (Fsp3) is 0.500. The number of halogens is 1. The quantitative estimate of drug-likeness (QED) is 0.463. The van der Waals surface area contributed by atoms with E-state index < -0.39 is 0 Å². The number of nitrogens with zero attached hydrogens (tertiary/aromatic N) is 3. The second kappa shape index (κ2) is 10.6. The molecule has 8 heteroatoms. The molecule has 2 aromatic heterocycles. The molecule has 1 unspecified atom stereocenters. The van der Waals surface area contributed by atoms with Crippen LogP contribution in [0, 0.1) is 11.7 Å². The predicted molar refractivity (Wildman–Crippen MR) is 137 cm³/mol. The van der Waals surface area contributed by atoms with Crippen molar-refractivity contribution in [3.05, 3.63) is 70.0 Å². The van der Waals surface area contributed by atoms with E-state index in [4.69, 9.17) is 4.74 Å². The van der Waals surface area contributed by atoms with E-state index in [9.17, 15) is 9.59 Å². The van der Waals surface area contributed by atoms with E-state index in [1.165, 1.54) is 6.07 Å². The van der Waals surface area contributed by atoms with Crippen molar-refractivity contribution in [1.82, 2.24) is 19.4 Å². The Hall–Kier alpha value is -2.97. The van der Waals surface area contributed by atoms with E-state index in [1.54, 1.807) is 37.1 Å². The van der Waals surface area contributed by atoms with Crippen LogP contribution < -0.4 is 10.9 Å². The van der Waals surface area contributed by atoms with Crippen LogP contribution in [-0.2, 0) is 29.7 Å². The largest absolute Gasteiger partial charge is 0.385 e. The number of rotatable bonds is 9. The Morgan fingerprint density at radius 1 is 1.25 bits per heavy atom. The minimum Gasteiger partial charge on any atom is -0.385 e. The lowest BCUT2D eigenvalue weighted by molar-refractivity contribution is -0.138. The van der Waals surface area contributed by atoms with E-state index >= 15 is 4.39 Å². The van der Waals surface area contributed by atoms with Crippen LogP contribution in [0.4, 0.5) is 4.39 Å². The minimum absolute atomic E-state index is 0.0129. The fourth-order valence-electron chi connectivity index (χ4n) is 5.56. The van der Waals surface area contributed by atoms with Crippen LogP contribution in [0.2, 0.25) is 0 Å². The molecule has 0 radical (unpaired) electrons. The molecule has 192 valence electrons. The van der Waals surface area contributed by atoms with Gasteiger partial charge in [-0.1, -0.05) is 6.07 Å². The molecule has 1 aromatic carbocycles. The molecular weight excluding hydrogens is 459 g/mol. The van der Waals surface area contributed by atoms with Gasteiger partial charge in [0.2, 0.25) is 5.91 Å². The number of hydrogen-bond acceptors (Lipinski definition) is 4. The van der Waals surface area contributed by atoms with Gasteiger partial charge in [0, 0.05) is 70.3 Å². The van der Waals surface area contributed by atoms with Gasteiger partial charge in [-0.2, -0.15) is 0 Å². The standard InChI is InChI=1S/C28H35FN4O3/c1-31-13-10-19(15-26(31)34)22-9-11-30-16-23(22)28(35)33(21-7-8-21)18-20-17-32(12-4-14-36-2)25-6-3-5-24(29)27(20)25/h3,5-6,10,13,15,17,21-23,30H,4,7-9,11-12,14,16,18H2,1-2H3/t22-,23?/m1/s1. The van der Waals surface area contributed by atoms with Crippen molar-refractivity contribution in [2.45, 2.75) is 50.7 Å². The molecule has 1 amide bonds. The Kier molecular flexibility index (Phi) is 7.25. The first-order chi connectivity index (χ1) is 17.5. The lowest BCUT2D eigenvalue weighted by Crippen LogP contribution is -2.47. The Labute approximate surface area is 210 Å². The molecule has 5 rings (SSSR count). The monoisotopic (exact) mass is 494 g/mol. The highest BCUT2D eigenvalue weighted by molar-refractivity contribution is 5.86. The Balaban J connectivity index is 1.44. The minimum atomic E-state index is -0.258. The number of benzene rings is 1. The number of methoxy groups -OCH3 is 1. The predicted octanol–water partition coefficient (Wildman–Crippen LogP) is 3.40. The number of amides is 1. The number of piperidine rings is 1. The van der Waals surface area contributed by atoms with E-state index in [0.717, 1.165) is 55.4 Å². The van der Waals surface area contributed by atoms with Crippen molar-refractivity contribution < 1.29 is 13.9 Å². The molecule has 1 aliphatic carbocycles. The third-order valence-electron chi connectivity index (χ3n) is 7.65. The average Bonchev–Trinajstić information content (AvgIpc) is 3.66. The second-order valence-corrected chi connectivity index (χ2v) is 10.1. The summed E-state index contributed by atoms with van der Waals surface area (Å²) in [6, 6.07) is 8.98. The van der Waals surface area contributed by atoms with Crippen LogP contribution in [0.5, 0.6) is 0 Å². The van der Waals surface area contributed by atoms with Crippen molar-refractivity contribution in [2.24, 2.45) is 13.0 Å². The highest BCUT2D eigenvalue weighted by Crippen LogP contribution is 2.37. The number of aryl methyl sites for hydroxylation is 2. The van der Waals surface area contributed by atoms with Gasteiger partial charge in [-0.3, -0.25) is 9.59 Å². The summed E-state index contributed by atoms with van der Waals surface area (Å²) >= 11 is 0. The van der Waals surface area contributed by atoms with Crippen molar-refractivity contribution in [3.8, 4) is 0 Å². The van der Waals surface area contributed by atoms with E-state index in [0.29, 0.717) is 25.1 Å². The lowest BCUT2D eigenvalue weighted by atomic mass is 9.80. The zero-order valence-corrected chi connectivity index (χ0v) is 21.1. The number of aromatic nitrogens is 2. The average molecular weight is 495 g/mol. The second-order valence-electron chi connectivity index (χ2n) is 10.1. The lowest BCUT2D eigenvalue weighted by Gasteiger charge is -2.35. The highest BCUT2D eigenvalue weighted by Gasteiger charge is 2.40. The number of pyridine rings is 1. The first kappa shape index (κ1) is 24.7. The Bertz CT molecular complexity index is 1300. The number of nitrogens with one attached hydrogen (secondary N) is 1. The summed E-state index contributed by atoms with van der Waals surface area (Å²) in [5.74, 6) is -0.437. The Morgan fingerprint density at radius 3 is 2.83 bits per heavy atom. The van der Waals surface area contributed by atoms with Crippen LogP contribution in [0.15, 0.2) is 47.5 Å². The van der Waals surface area contributed by atoms with Crippen molar-refractivity contribution in [1.29, 1.82) is 0 Å². The molecule has 2 atom stereocenters. The first-order valence-electron chi connectivity index (χ1n) is 12.9. The summed E-state index contributed by atoms with van der Waals surface area (Å²) in [6.45, 7) is 3.14. The molecule has 1 N–H and O–H groups in total. The van der Waals surface area contributed by atoms with Gasteiger partial charge in [0.25, 0.3) is 5.56 Å². The molecular formula is C28H35FN4O3. The van der Waals surface area contributed by atoms with Gasteiger partial charge >= 0.3 is 0 Å². The van der Waals surface area contributed by atoms with Gasteiger partial charge in [0.05, 0.1) is 11.4 Å². The van der Waals surface area contributed by atoms with Crippen LogP contribution in [0.3, 0.4) is 0 Å². The molecule has 2 aliphatic rings. The van der Waals surface area contributed by atoms with Gasteiger partial charge in [-0.05, 0) is 67.5 Å². The molecule has 1 aliphatic heterocycles. The van der Waals surface area contributed by atoms with Crippen LogP contribution in [0.1, 0.15) is 42.7 Å². The topological polar surface area (TPSA) is 68.5 Å². The van der Waals surface area contributed by atoms with Crippen molar-refractivity contribution in [2.75, 3.05) is 26.8 Å². The summed E-state index contributed by atoms with van der Waals surface area (Å²) < 4.78 is 23.9. The summed E-state index contributed by atoms with van der Waals surface area (Å²) in [5, 5.41) is 3.98. The molecule has 0 spiro atoms. The number of ether oxygens (including phenoxy) is 1. The van der Waals surface area contributed by atoms with Crippen LogP contribution in [-0.4, -0.2) is 52.8 Å². The molecule has 36 heavy (non-hydrogen) atoms. The molecule has 3 heterocycles. The SMILES string of the molecule is COCCCn1cc(CN(C(=O)C2CNCC[C@@H]2c2ccn(C)c(=O)c2)C2CC2)c2c(F)cccc21. The van der Waals surface area contributed by atoms with Crippen molar-refractivity contribution in [3.63, 3.8) is 0 Å². The van der Waals surface area contributed by atoms with Crippen LogP contribution >= 0.6 is 0 Å². The molecule has 1 saturated heterocycles. The molecule has 0 bridgehead atoms. The molecule has 7 nitrogen and oxygen atoms in total. The third kappa shape index (κ3) is 4.97. The van der Waals surface area contributed by atoms with Gasteiger partial charge in [-0.25, -0.2) is 4.39 Å². The summed E-state index contributed by atoms with van der Waals surface area (Å²) in [6.07, 6.45) is 7.35. The molecule has 3 aromatic rings.